The highest BCUT2D eigenvalue weighted by Gasteiger charge is 2.18. The summed E-state index contributed by atoms with van der Waals surface area (Å²) in [5, 5.41) is 9.01. The third-order valence-corrected chi connectivity index (χ3v) is 5.30. The first kappa shape index (κ1) is 17.1. The lowest BCUT2D eigenvalue weighted by atomic mass is 10.0. The molecule has 0 spiro atoms. The largest absolute Gasteiger partial charge is 0.486 e. The van der Waals surface area contributed by atoms with E-state index in [0.717, 1.165) is 36.3 Å². The lowest BCUT2D eigenvalue weighted by molar-refractivity contribution is 0.189. The number of thioether (sulfide) groups is 1. The fraction of sp³-hybridized carbons (Fsp3) is 0.529. The summed E-state index contributed by atoms with van der Waals surface area (Å²) in [4.78, 5) is 0. The molecule has 1 fully saturated rings. The number of nitrogens with zero attached hydrogens (tertiary/aromatic N) is 3. The van der Waals surface area contributed by atoms with Crippen LogP contribution in [-0.2, 0) is 11.3 Å². The molecule has 1 aliphatic rings. The van der Waals surface area contributed by atoms with E-state index in [9.17, 15) is 0 Å². The van der Waals surface area contributed by atoms with E-state index in [2.05, 4.69) is 36.2 Å². The van der Waals surface area contributed by atoms with E-state index in [4.69, 9.17) is 15.3 Å². The van der Waals surface area contributed by atoms with Crippen molar-refractivity contribution in [3.05, 3.63) is 35.7 Å². The second-order valence-corrected chi connectivity index (χ2v) is 7.31. The molecule has 2 N–H and O–H groups in total. The number of ether oxygens (including phenoxy) is 2. The number of aromatic nitrogens is 3. The highest BCUT2D eigenvalue weighted by atomic mass is 32.2. The Balaban J connectivity index is 1.53. The van der Waals surface area contributed by atoms with Gasteiger partial charge in [0.25, 0.3) is 0 Å². The second-order valence-electron chi connectivity index (χ2n) is 6.32. The zero-order chi connectivity index (χ0) is 16.9. The molecule has 3 rings (SSSR count). The zero-order valence-electron chi connectivity index (χ0n) is 14.1. The molecule has 1 aromatic heterocycles. The van der Waals surface area contributed by atoms with Crippen molar-refractivity contribution in [3.8, 4) is 5.75 Å². The average molecular weight is 348 g/mol. The lowest BCUT2D eigenvalue weighted by Crippen LogP contribution is -2.16. The van der Waals surface area contributed by atoms with Gasteiger partial charge in [-0.15, -0.1) is 10.2 Å². The molecule has 1 saturated heterocycles. The van der Waals surface area contributed by atoms with Crippen LogP contribution in [0.15, 0.2) is 29.4 Å². The van der Waals surface area contributed by atoms with Gasteiger partial charge in [-0.3, -0.25) is 0 Å². The molecule has 0 amide bonds. The molecule has 0 saturated carbocycles. The molecule has 1 unspecified atom stereocenters. The van der Waals surface area contributed by atoms with Gasteiger partial charge in [0.05, 0.1) is 6.61 Å². The van der Waals surface area contributed by atoms with Gasteiger partial charge in [0, 0.05) is 12.4 Å². The van der Waals surface area contributed by atoms with Crippen molar-refractivity contribution in [2.75, 3.05) is 24.8 Å². The molecule has 0 radical (unpaired) electrons. The molecule has 1 aliphatic heterocycles. The minimum Gasteiger partial charge on any atom is -0.486 e. The van der Waals surface area contributed by atoms with Crippen LogP contribution in [0.25, 0.3) is 0 Å². The second kappa shape index (κ2) is 7.90. The first-order valence-electron chi connectivity index (χ1n) is 8.26. The Morgan fingerprint density at radius 1 is 1.33 bits per heavy atom. The minimum atomic E-state index is 0.303. The van der Waals surface area contributed by atoms with E-state index in [-0.39, 0.29) is 0 Å². The predicted octanol–water partition coefficient (Wildman–Crippen LogP) is 2.82. The molecule has 1 aromatic carbocycles. The highest BCUT2D eigenvalue weighted by molar-refractivity contribution is 7.99. The van der Waals surface area contributed by atoms with Crippen LogP contribution in [0.2, 0.25) is 0 Å². The minimum absolute atomic E-state index is 0.303. The van der Waals surface area contributed by atoms with Crippen LogP contribution in [0.5, 0.6) is 5.75 Å². The van der Waals surface area contributed by atoms with Crippen LogP contribution in [0, 0.1) is 5.92 Å². The highest BCUT2D eigenvalue weighted by Crippen LogP contribution is 2.23. The molecular weight excluding hydrogens is 324 g/mol. The van der Waals surface area contributed by atoms with Crippen molar-refractivity contribution in [1.29, 1.82) is 0 Å². The zero-order valence-corrected chi connectivity index (χ0v) is 15.0. The van der Waals surface area contributed by atoms with Gasteiger partial charge >= 0.3 is 0 Å². The van der Waals surface area contributed by atoms with Crippen LogP contribution in [0.3, 0.4) is 0 Å². The lowest BCUT2D eigenvalue weighted by Gasteiger charge is -2.09. The summed E-state index contributed by atoms with van der Waals surface area (Å²) in [5.41, 5.74) is 1.29. The molecule has 7 heteroatoms. The van der Waals surface area contributed by atoms with Crippen LogP contribution in [-0.4, -0.2) is 33.8 Å². The molecule has 0 bridgehead atoms. The Morgan fingerprint density at radius 2 is 2.12 bits per heavy atom. The van der Waals surface area contributed by atoms with E-state index < -0.39 is 0 Å². The molecule has 6 nitrogen and oxygen atoms in total. The van der Waals surface area contributed by atoms with Crippen LogP contribution in [0.4, 0.5) is 0 Å². The van der Waals surface area contributed by atoms with E-state index in [0.29, 0.717) is 24.3 Å². The summed E-state index contributed by atoms with van der Waals surface area (Å²) in [6, 6.07) is 8.11. The summed E-state index contributed by atoms with van der Waals surface area (Å²) in [6.07, 6.45) is 1.11. The maximum Gasteiger partial charge on any atom is 0.209 e. The topological polar surface area (TPSA) is 75.2 Å². The van der Waals surface area contributed by atoms with Crippen molar-refractivity contribution < 1.29 is 9.47 Å². The molecule has 2 heterocycles. The Bertz CT molecular complexity index is 651. The average Bonchev–Trinajstić information content (AvgIpc) is 3.21. The standard InChI is InChI=1S/C17H24N4O2S/c1-12(2)14-3-5-15(6-4-14)23-10-16-19-20-17(21(16)18)24-11-13-7-8-22-9-13/h3-6,12-13H,7-11,18H2,1-2H3. The van der Waals surface area contributed by atoms with E-state index in [1.165, 1.54) is 10.2 Å². The Kier molecular flexibility index (Phi) is 5.63. The van der Waals surface area contributed by atoms with Crippen LogP contribution >= 0.6 is 11.8 Å². The van der Waals surface area contributed by atoms with Crippen molar-refractivity contribution in [1.82, 2.24) is 14.9 Å². The van der Waals surface area contributed by atoms with Gasteiger partial charge < -0.3 is 15.3 Å². The summed E-state index contributed by atoms with van der Waals surface area (Å²) < 4.78 is 12.7. The molecule has 130 valence electrons. The summed E-state index contributed by atoms with van der Waals surface area (Å²) in [6.45, 7) is 6.33. The van der Waals surface area contributed by atoms with Crippen molar-refractivity contribution in [3.63, 3.8) is 0 Å². The fourth-order valence-corrected chi connectivity index (χ4v) is 3.50. The summed E-state index contributed by atoms with van der Waals surface area (Å²) in [7, 11) is 0. The quantitative estimate of drug-likeness (QED) is 0.612. The Labute approximate surface area is 146 Å². The number of hydrogen-bond donors (Lipinski definition) is 1. The predicted molar refractivity (Wildman–Crippen MR) is 94.7 cm³/mol. The third kappa shape index (κ3) is 4.21. The van der Waals surface area contributed by atoms with E-state index in [1.54, 1.807) is 11.8 Å². The number of nitrogen functional groups attached to an aromatic ring is 1. The maximum absolute atomic E-state index is 6.08. The third-order valence-electron chi connectivity index (χ3n) is 4.12. The van der Waals surface area contributed by atoms with Crippen LogP contribution in [0.1, 0.15) is 37.6 Å². The molecule has 0 aliphatic carbocycles. The van der Waals surface area contributed by atoms with Gasteiger partial charge in [-0.25, -0.2) is 4.68 Å². The van der Waals surface area contributed by atoms with Gasteiger partial charge in [-0.05, 0) is 36.0 Å². The summed E-state index contributed by atoms with van der Waals surface area (Å²) >= 11 is 1.62. The van der Waals surface area contributed by atoms with Gasteiger partial charge in [-0.2, -0.15) is 0 Å². The van der Waals surface area contributed by atoms with Gasteiger partial charge in [-0.1, -0.05) is 37.7 Å². The number of benzene rings is 1. The SMILES string of the molecule is CC(C)c1ccc(OCc2nnc(SCC3CCOC3)n2N)cc1. The first-order chi connectivity index (χ1) is 11.6. The molecule has 2 aromatic rings. The van der Waals surface area contributed by atoms with Gasteiger partial charge in [0.2, 0.25) is 5.16 Å². The van der Waals surface area contributed by atoms with Crippen molar-refractivity contribution >= 4 is 11.8 Å². The Hall–Kier alpha value is -1.73. The molecule has 1 atom stereocenters. The van der Waals surface area contributed by atoms with Crippen molar-refractivity contribution in [2.24, 2.45) is 5.92 Å². The van der Waals surface area contributed by atoms with E-state index >= 15 is 0 Å². The number of hydrogen-bond acceptors (Lipinski definition) is 6. The first-order valence-corrected chi connectivity index (χ1v) is 9.24. The van der Waals surface area contributed by atoms with Gasteiger partial charge in [0.1, 0.15) is 12.4 Å². The number of rotatable bonds is 7. The normalized spacial score (nSPS) is 17.5. The summed E-state index contributed by atoms with van der Waals surface area (Å²) in [5.74, 6) is 9.54. The smallest absolute Gasteiger partial charge is 0.209 e. The Morgan fingerprint density at radius 3 is 2.79 bits per heavy atom. The molecule has 24 heavy (non-hydrogen) atoms. The van der Waals surface area contributed by atoms with Crippen LogP contribution < -0.4 is 10.6 Å². The number of nitrogens with two attached hydrogens (primary N) is 1. The van der Waals surface area contributed by atoms with E-state index in [1.807, 2.05) is 12.1 Å². The fourth-order valence-electron chi connectivity index (χ4n) is 2.51. The maximum atomic E-state index is 6.08. The van der Waals surface area contributed by atoms with Gasteiger partial charge in [0.15, 0.2) is 5.82 Å². The van der Waals surface area contributed by atoms with Crippen molar-refractivity contribution in [2.45, 2.75) is 37.9 Å². The monoisotopic (exact) mass is 348 g/mol. The molecular formula is C17H24N4O2S.